The highest BCUT2D eigenvalue weighted by molar-refractivity contribution is 6.25. The summed E-state index contributed by atoms with van der Waals surface area (Å²) in [7, 11) is 0. The predicted octanol–water partition coefficient (Wildman–Crippen LogP) is 2.08. The average Bonchev–Trinajstić information content (AvgIpc) is 3.12. The number of ether oxygens (including phenoxy) is 2. The normalized spacial score (nSPS) is 16.8. The molecule has 38 heavy (non-hydrogen) atoms. The largest absolute Gasteiger partial charge is 0.490 e. The van der Waals surface area contributed by atoms with Crippen LogP contribution in [0.1, 0.15) is 46.9 Å². The molecule has 5 amide bonds. The van der Waals surface area contributed by atoms with Crippen LogP contribution >= 0.6 is 0 Å². The van der Waals surface area contributed by atoms with Crippen molar-refractivity contribution in [2.75, 3.05) is 37.0 Å². The number of amides is 5. The van der Waals surface area contributed by atoms with E-state index in [1.807, 2.05) is 0 Å². The van der Waals surface area contributed by atoms with Gasteiger partial charge in [0, 0.05) is 50.4 Å². The third-order valence-electron chi connectivity index (χ3n) is 5.97. The van der Waals surface area contributed by atoms with Gasteiger partial charge < -0.3 is 20.1 Å². The Morgan fingerprint density at radius 3 is 2.66 bits per heavy atom. The highest BCUT2D eigenvalue weighted by Gasteiger charge is 2.45. The summed E-state index contributed by atoms with van der Waals surface area (Å²) in [6.07, 6.45) is 0.643. The molecule has 2 aromatic rings. The van der Waals surface area contributed by atoms with Gasteiger partial charge in [0.15, 0.2) is 11.6 Å². The van der Waals surface area contributed by atoms with Gasteiger partial charge in [-0.3, -0.25) is 34.2 Å². The molecule has 12 heteroatoms. The zero-order valence-corrected chi connectivity index (χ0v) is 20.7. The van der Waals surface area contributed by atoms with Gasteiger partial charge in [0.1, 0.15) is 6.04 Å². The van der Waals surface area contributed by atoms with Crippen molar-refractivity contribution >= 4 is 40.9 Å². The number of imide groups is 2. The minimum absolute atomic E-state index is 0.0527. The second-order valence-corrected chi connectivity index (χ2v) is 8.74. The number of halogens is 1. The van der Waals surface area contributed by atoms with Crippen molar-refractivity contribution in [1.82, 2.24) is 10.2 Å². The third kappa shape index (κ3) is 5.97. The maximum absolute atomic E-state index is 14.1. The Morgan fingerprint density at radius 1 is 1.11 bits per heavy atom. The van der Waals surface area contributed by atoms with Crippen LogP contribution in [-0.2, 0) is 19.1 Å². The van der Waals surface area contributed by atoms with Crippen molar-refractivity contribution in [3.05, 3.63) is 53.3 Å². The van der Waals surface area contributed by atoms with Gasteiger partial charge in [-0.25, -0.2) is 4.39 Å². The van der Waals surface area contributed by atoms with Gasteiger partial charge in [-0.05, 0) is 30.7 Å². The van der Waals surface area contributed by atoms with E-state index >= 15 is 0 Å². The van der Waals surface area contributed by atoms with E-state index < -0.39 is 35.5 Å². The predicted molar refractivity (Wildman–Crippen MR) is 133 cm³/mol. The maximum atomic E-state index is 14.1. The molecule has 2 aliphatic rings. The van der Waals surface area contributed by atoms with Crippen molar-refractivity contribution in [1.29, 1.82) is 0 Å². The molecule has 1 saturated heterocycles. The number of anilines is 2. The lowest BCUT2D eigenvalue weighted by Crippen LogP contribution is -2.54. The number of carbonyl (C=O) groups is 5. The average molecular weight is 527 g/mol. The van der Waals surface area contributed by atoms with Crippen molar-refractivity contribution < 1.29 is 37.8 Å². The monoisotopic (exact) mass is 526 g/mol. The van der Waals surface area contributed by atoms with Gasteiger partial charge in [-0.15, -0.1) is 0 Å². The molecule has 200 valence electrons. The summed E-state index contributed by atoms with van der Waals surface area (Å²) in [6.45, 7) is 2.55. The number of nitrogens with one attached hydrogen (secondary N) is 3. The number of benzene rings is 2. The summed E-state index contributed by atoms with van der Waals surface area (Å²) >= 11 is 0. The smallest absolute Gasteiger partial charge is 0.264 e. The molecule has 0 saturated carbocycles. The lowest BCUT2D eigenvalue weighted by atomic mass is 10.0. The molecule has 1 unspecified atom stereocenters. The molecule has 0 bridgehead atoms. The Labute approximate surface area is 217 Å². The fourth-order valence-electron chi connectivity index (χ4n) is 4.26. The first-order chi connectivity index (χ1) is 18.3. The van der Waals surface area contributed by atoms with Gasteiger partial charge in [-0.2, -0.15) is 0 Å². The second-order valence-electron chi connectivity index (χ2n) is 8.74. The van der Waals surface area contributed by atoms with Crippen molar-refractivity contribution in [2.45, 2.75) is 32.2 Å². The van der Waals surface area contributed by atoms with Crippen LogP contribution < -0.4 is 20.7 Å². The molecule has 0 aliphatic carbocycles. The summed E-state index contributed by atoms with van der Waals surface area (Å²) in [4.78, 5) is 61.6. The van der Waals surface area contributed by atoms with Crippen LogP contribution in [0.15, 0.2) is 36.4 Å². The van der Waals surface area contributed by atoms with E-state index in [9.17, 15) is 28.4 Å². The lowest BCUT2D eigenvalue weighted by Gasteiger charge is -2.27. The Balaban J connectivity index is 1.21. The molecule has 1 fully saturated rings. The molecule has 2 aromatic carbocycles. The molecule has 4 rings (SSSR count). The quantitative estimate of drug-likeness (QED) is 0.298. The molecule has 1 atom stereocenters. The number of hydrogen-bond donors (Lipinski definition) is 3. The van der Waals surface area contributed by atoms with Crippen LogP contribution in [0.5, 0.6) is 5.75 Å². The first kappa shape index (κ1) is 26.7. The summed E-state index contributed by atoms with van der Waals surface area (Å²) in [5.74, 6) is -3.05. The molecule has 3 N–H and O–H groups in total. The Kier molecular flexibility index (Phi) is 8.31. The van der Waals surface area contributed by atoms with Crippen LogP contribution in [0, 0.1) is 5.82 Å². The maximum Gasteiger partial charge on any atom is 0.264 e. The Morgan fingerprint density at radius 2 is 1.92 bits per heavy atom. The molecular formula is C26H27FN4O7. The first-order valence-corrected chi connectivity index (χ1v) is 12.1. The molecule has 2 aliphatic heterocycles. The van der Waals surface area contributed by atoms with Crippen LogP contribution in [0.4, 0.5) is 15.8 Å². The molecule has 2 heterocycles. The van der Waals surface area contributed by atoms with Gasteiger partial charge in [0.05, 0.1) is 24.3 Å². The Bertz CT molecular complexity index is 1280. The van der Waals surface area contributed by atoms with Gasteiger partial charge >= 0.3 is 0 Å². The van der Waals surface area contributed by atoms with Crippen LogP contribution in [0.25, 0.3) is 0 Å². The first-order valence-electron chi connectivity index (χ1n) is 12.1. The van der Waals surface area contributed by atoms with Crippen molar-refractivity contribution in [3.8, 4) is 5.75 Å². The van der Waals surface area contributed by atoms with Crippen LogP contribution in [-0.4, -0.2) is 66.8 Å². The van der Waals surface area contributed by atoms with Gasteiger partial charge in [0.2, 0.25) is 17.7 Å². The summed E-state index contributed by atoms with van der Waals surface area (Å²) in [6, 6.07) is 7.97. The van der Waals surface area contributed by atoms with Gasteiger partial charge in [-0.1, -0.05) is 6.07 Å². The Hall–Kier alpha value is -4.32. The summed E-state index contributed by atoms with van der Waals surface area (Å²) < 4.78 is 25.0. The highest BCUT2D eigenvalue weighted by atomic mass is 19.1. The van der Waals surface area contributed by atoms with Crippen molar-refractivity contribution in [2.24, 2.45) is 0 Å². The fraction of sp³-hybridized carbons (Fsp3) is 0.346. The SMILES string of the molecule is CC(=O)Nc1ccc(OCCCOCCNc2cccc3c2C(=O)N(C2CCC(=O)NC2=O)C3=O)c(F)c1. The van der Waals surface area contributed by atoms with E-state index in [2.05, 4.69) is 16.0 Å². The topological polar surface area (TPSA) is 143 Å². The minimum atomic E-state index is -1.03. The third-order valence-corrected chi connectivity index (χ3v) is 5.97. The number of nitrogens with zero attached hydrogens (tertiary/aromatic N) is 1. The summed E-state index contributed by atoms with van der Waals surface area (Å²) in [5.41, 5.74) is 1.17. The minimum Gasteiger partial charge on any atom is -0.490 e. The molecule has 0 radical (unpaired) electrons. The van der Waals surface area contributed by atoms with Gasteiger partial charge in [0.25, 0.3) is 11.8 Å². The second kappa shape index (κ2) is 11.8. The highest BCUT2D eigenvalue weighted by Crippen LogP contribution is 2.32. The van der Waals surface area contributed by atoms with E-state index in [4.69, 9.17) is 9.47 Å². The standard InChI is InChI=1S/C26H27FN4O7/c1-15(32)29-16-6-8-21(18(27)14-16)38-12-3-11-37-13-10-28-19-5-2-4-17-23(19)26(36)31(25(17)35)20-7-9-22(33)30-24(20)34/h2,4-6,8,14,20,28H,3,7,9-13H2,1H3,(H,29,32)(H,30,33,34). The van der Waals surface area contributed by atoms with E-state index in [0.717, 1.165) is 4.90 Å². The number of fused-ring (bicyclic) bond motifs is 1. The van der Waals surface area contributed by atoms with E-state index in [1.165, 1.54) is 25.1 Å². The summed E-state index contributed by atoms with van der Waals surface area (Å²) in [5, 5.41) is 7.76. The number of rotatable bonds is 11. The lowest BCUT2D eigenvalue weighted by molar-refractivity contribution is -0.136. The number of piperidine rings is 1. The fourth-order valence-corrected chi connectivity index (χ4v) is 4.26. The van der Waals surface area contributed by atoms with E-state index in [0.29, 0.717) is 37.6 Å². The van der Waals surface area contributed by atoms with E-state index in [-0.39, 0.29) is 42.2 Å². The number of hydrogen-bond acceptors (Lipinski definition) is 8. The molecular weight excluding hydrogens is 499 g/mol. The van der Waals surface area contributed by atoms with E-state index in [1.54, 1.807) is 18.2 Å². The number of carbonyl (C=O) groups excluding carboxylic acids is 5. The zero-order valence-electron chi connectivity index (χ0n) is 20.7. The molecule has 0 spiro atoms. The molecule has 11 nitrogen and oxygen atoms in total. The van der Waals surface area contributed by atoms with Crippen LogP contribution in [0.3, 0.4) is 0 Å². The van der Waals surface area contributed by atoms with Crippen molar-refractivity contribution in [3.63, 3.8) is 0 Å². The van der Waals surface area contributed by atoms with Crippen LogP contribution in [0.2, 0.25) is 0 Å². The molecule has 0 aromatic heterocycles. The zero-order chi connectivity index (χ0) is 27.2.